The molecule has 0 bridgehead atoms. The van der Waals surface area contributed by atoms with Gasteiger partial charge in [0.1, 0.15) is 30.2 Å². The van der Waals surface area contributed by atoms with Crippen LogP contribution in [0.3, 0.4) is 0 Å². The summed E-state index contributed by atoms with van der Waals surface area (Å²) in [6.45, 7) is 4.38. The highest BCUT2D eigenvalue weighted by atomic mass is 16.8. The van der Waals surface area contributed by atoms with E-state index in [4.69, 9.17) is 24.7 Å². The number of amides is 1. The van der Waals surface area contributed by atoms with Crippen LogP contribution in [0.5, 0.6) is 0 Å². The molecular formula is C31H35N3O5. The second-order valence-electron chi connectivity index (χ2n) is 10.8. The van der Waals surface area contributed by atoms with Crippen LogP contribution in [0.25, 0.3) is 0 Å². The largest absolute Gasteiger partial charge is 0.366 e. The summed E-state index contributed by atoms with van der Waals surface area (Å²) in [4.78, 5) is 12.9. The van der Waals surface area contributed by atoms with Gasteiger partial charge in [0.15, 0.2) is 5.79 Å². The third kappa shape index (κ3) is 4.89. The van der Waals surface area contributed by atoms with Gasteiger partial charge in [-0.2, -0.15) is 0 Å². The van der Waals surface area contributed by atoms with Gasteiger partial charge in [-0.1, -0.05) is 91.0 Å². The molecule has 8 heteroatoms. The lowest BCUT2D eigenvalue weighted by Crippen LogP contribution is -2.63. The molecule has 3 aromatic rings. The van der Waals surface area contributed by atoms with Gasteiger partial charge in [-0.15, -0.1) is 0 Å². The molecule has 3 saturated heterocycles. The summed E-state index contributed by atoms with van der Waals surface area (Å²) in [5.74, 6) is -1.44. The van der Waals surface area contributed by atoms with Crippen molar-refractivity contribution < 1.29 is 23.7 Å². The van der Waals surface area contributed by atoms with E-state index in [1.165, 1.54) is 0 Å². The first-order valence-electron chi connectivity index (χ1n) is 13.5. The van der Waals surface area contributed by atoms with E-state index in [0.29, 0.717) is 6.54 Å². The zero-order valence-electron chi connectivity index (χ0n) is 22.2. The van der Waals surface area contributed by atoms with E-state index in [-0.39, 0.29) is 12.5 Å². The summed E-state index contributed by atoms with van der Waals surface area (Å²) < 4.78 is 26.2. The normalized spacial score (nSPS) is 30.1. The van der Waals surface area contributed by atoms with Gasteiger partial charge >= 0.3 is 0 Å². The first-order valence-corrected chi connectivity index (χ1v) is 13.5. The molecule has 3 unspecified atom stereocenters. The summed E-state index contributed by atoms with van der Waals surface area (Å²) in [7, 11) is 0. The number of benzene rings is 3. The molecule has 3 aromatic carbocycles. The van der Waals surface area contributed by atoms with Gasteiger partial charge in [-0.25, -0.2) is 0 Å². The third-order valence-corrected chi connectivity index (χ3v) is 7.78. The van der Waals surface area contributed by atoms with Crippen molar-refractivity contribution in [1.82, 2.24) is 10.6 Å². The predicted molar refractivity (Wildman–Crippen MR) is 145 cm³/mol. The molecule has 6 atom stereocenters. The van der Waals surface area contributed by atoms with Crippen LogP contribution in [0.2, 0.25) is 0 Å². The fourth-order valence-corrected chi connectivity index (χ4v) is 6.07. The second kappa shape index (κ2) is 10.5. The maximum atomic E-state index is 12.9. The van der Waals surface area contributed by atoms with Gasteiger partial charge < -0.3 is 24.3 Å². The van der Waals surface area contributed by atoms with Crippen molar-refractivity contribution in [3.8, 4) is 0 Å². The standard InChI is InChI=1S/C31H35N3O5/c1-30(2)38-26-24(37-25(27(26)39-30)23-18-33-29(32)34-28(23)35)19-36-31(20-12-6-3-7-13-20,21-14-8-4-9-15-21)22-16-10-5-11-17-22/h3-17,23-27,29,33H,18-19,32H2,1-2H3,(H,34,35)/t23?,24-,25?,26-,27+,29?/m1/s1. The topological polar surface area (TPSA) is 104 Å². The number of hydrogen-bond donors (Lipinski definition) is 3. The van der Waals surface area contributed by atoms with Crippen molar-refractivity contribution in [3.63, 3.8) is 0 Å². The minimum atomic E-state index is -0.897. The number of nitrogens with two attached hydrogens (primary N) is 1. The van der Waals surface area contributed by atoms with E-state index in [1.807, 2.05) is 68.4 Å². The SMILES string of the molecule is CC1(C)O[C@@H]2[C@@H](COC(c3ccccc3)(c3ccccc3)c3ccccc3)OC(C3CNC(N)NC3=O)[C@@H]2O1. The zero-order chi connectivity index (χ0) is 27.0. The zero-order valence-corrected chi connectivity index (χ0v) is 22.2. The molecule has 204 valence electrons. The molecule has 39 heavy (non-hydrogen) atoms. The molecule has 0 radical (unpaired) electrons. The number of nitrogens with one attached hydrogen (secondary N) is 2. The van der Waals surface area contributed by atoms with Crippen LogP contribution < -0.4 is 16.4 Å². The Morgan fingerprint density at radius 2 is 1.36 bits per heavy atom. The van der Waals surface area contributed by atoms with Gasteiger partial charge in [0, 0.05) is 6.54 Å². The average molecular weight is 530 g/mol. The van der Waals surface area contributed by atoms with Crippen LogP contribution in [0.1, 0.15) is 30.5 Å². The van der Waals surface area contributed by atoms with E-state index >= 15 is 0 Å². The van der Waals surface area contributed by atoms with Crippen LogP contribution in [0.4, 0.5) is 0 Å². The highest BCUT2D eigenvalue weighted by Gasteiger charge is 2.58. The van der Waals surface area contributed by atoms with E-state index in [9.17, 15) is 4.79 Å². The van der Waals surface area contributed by atoms with Crippen molar-refractivity contribution in [2.75, 3.05) is 13.2 Å². The molecule has 4 N–H and O–H groups in total. The molecule has 3 aliphatic heterocycles. The van der Waals surface area contributed by atoms with Crippen molar-refractivity contribution in [2.24, 2.45) is 11.7 Å². The molecule has 0 saturated carbocycles. The van der Waals surface area contributed by atoms with Crippen LogP contribution >= 0.6 is 0 Å². The van der Waals surface area contributed by atoms with Gasteiger partial charge in [0.2, 0.25) is 5.91 Å². The Bertz CT molecular complexity index is 1180. The second-order valence-corrected chi connectivity index (χ2v) is 10.8. The number of carbonyl (C=O) groups is 1. The molecular weight excluding hydrogens is 494 g/mol. The third-order valence-electron chi connectivity index (χ3n) is 7.78. The van der Waals surface area contributed by atoms with Crippen LogP contribution in [0.15, 0.2) is 91.0 Å². The van der Waals surface area contributed by atoms with E-state index in [1.54, 1.807) is 0 Å². The van der Waals surface area contributed by atoms with E-state index in [2.05, 4.69) is 47.0 Å². The average Bonchev–Trinajstić information content (AvgIpc) is 3.44. The summed E-state index contributed by atoms with van der Waals surface area (Å²) in [6, 6.07) is 30.6. The Balaban J connectivity index is 1.36. The Morgan fingerprint density at radius 3 is 1.87 bits per heavy atom. The fraction of sp³-hybridized carbons (Fsp3) is 0.387. The molecule has 3 fully saturated rings. The number of rotatable bonds is 7. The quantitative estimate of drug-likeness (QED) is 0.405. The summed E-state index contributed by atoms with van der Waals surface area (Å²) in [5.41, 5.74) is 7.97. The molecule has 8 nitrogen and oxygen atoms in total. The van der Waals surface area contributed by atoms with Gasteiger partial charge in [0.25, 0.3) is 0 Å². The van der Waals surface area contributed by atoms with Crippen molar-refractivity contribution in [1.29, 1.82) is 0 Å². The predicted octanol–water partition coefficient (Wildman–Crippen LogP) is 2.86. The molecule has 0 spiro atoms. The Kier molecular flexibility index (Phi) is 7.01. The lowest BCUT2D eigenvalue weighted by molar-refractivity contribution is -0.202. The van der Waals surface area contributed by atoms with Gasteiger partial charge in [0.05, 0.1) is 18.6 Å². The summed E-state index contributed by atoms with van der Waals surface area (Å²) in [6.07, 6.45) is -2.36. The van der Waals surface area contributed by atoms with Crippen molar-refractivity contribution in [3.05, 3.63) is 108 Å². The summed E-state index contributed by atoms with van der Waals surface area (Å²) >= 11 is 0. The minimum absolute atomic E-state index is 0.160. The molecule has 3 aliphatic rings. The Labute approximate surface area is 228 Å². The molecule has 0 aliphatic carbocycles. The lowest BCUT2D eigenvalue weighted by atomic mass is 9.80. The first kappa shape index (κ1) is 26.1. The molecule has 6 rings (SSSR count). The number of fused-ring (bicyclic) bond motifs is 1. The van der Waals surface area contributed by atoms with Gasteiger partial charge in [-0.3, -0.25) is 15.8 Å². The van der Waals surface area contributed by atoms with Crippen LogP contribution in [-0.4, -0.2) is 55.6 Å². The van der Waals surface area contributed by atoms with Crippen molar-refractivity contribution >= 4 is 5.91 Å². The van der Waals surface area contributed by atoms with E-state index in [0.717, 1.165) is 16.7 Å². The number of carbonyl (C=O) groups excluding carboxylic acids is 1. The number of ether oxygens (including phenoxy) is 4. The first-order chi connectivity index (χ1) is 18.9. The maximum Gasteiger partial charge on any atom is 0.229 e. The van der Waals surface area contributed by atoms with Crippen LogP contribution in [0, 0.1) is 5.92 Å². The van der Waals surface area contributed by atoms with Crippen LogP contribution in [-0.2, 0) is 29.3 Å². The highest BCUT2D eigenvalue weighted by Crippen LogP contribution is 2.44. The lowest BCUT2D eigenvalue weighted by Gasteiger charge is -2.37. The fourth-order valence-electron chi connectivity index (χ4n) is 6.07. The molecule has 1 amide bonds. The molecule has 0 aromatic heterocycles. The smallest absolute Gasteiger partial charge is 0.229 e. The summed E-state index contributed by atoms with van der Waals surface area (Å²) in [5, 5.41) is 5.88. The minimum Gasteiger partial charge on any atom is -0.366 e. The maximum absolute atomic E-state index is 12.9. The highest BCUT2D eigenvalue weighted by molar-refractivity contribution is 5.80. The molecule has 3 heterocycles. The van der Waals surface area contributed by atoms with Crippen molar-refractivity contribution in [2.45, 2.75) is 55.9 Å². The van der Waals surface area contributed by atoms with Gasteiger partial charge in [-0.05, 0) is 30.5 Å². The van der Waals surface area contributed by atoms with E-state index < -0.39 is 48.0 Å². The Hall–Kier alpha value is -3.11. The number of hydrogen-bond acceptors (Lipinski definition) is 7. The monoisotopic (exact) mass is 529 g/mol. The Morgan fingerprint density at radius 1 is 0.846 bits per heavy atom.